The molecule has 4 unspecified atom stereocenters. The maximum absolute atomic E-state index is 11.5. The molecule has 0 aliphatic carbocycles. The first-order valence-electron chi connectivity index (χ1n) is 6.86. The van der Waals surface area contributed by atoms with Crippen LogP contribution in [0.5, 0.6) is 0 Å². The first kappa shape index (κ1) is 14.8. The summed E-state index contributed by atoms with van der Waals surface area (Å²) in [6.45, 7) is 1.86. The molecule has 0 aromatic carbocycles. The molecule has 110 valence electrons. The monoisotopic (exact) mass is 280 g/mol. The Morgan fingerprint density at radius 1 is 1.45 bits per heavy atom. The van der Waals surface area contributed by atoms with Crippen LogP contribution in [0.15, 0.2) is 0 Å². The van der Waals surface area contributed by atoms with E-state index in [0.29, 0.717) is 24.4 Å². The van der Waals surface area contributed by atoms with Gasteiger partial charge in [-0.05, 0) is 25.3 Å². The standard InChI is InChI=1S/C14H20N2O4/c1-2-10-7-16-4-3-11(10)5-12(16)6-15-13(17)8-20-9-14(18)19/h1,10-12H,3-9H2,(H,15,17)(H,18,19). The van der Waals surface area contributed by atoms with E-state index in [1.54, 1.807) is 0 Å². The van der Waals surface area contributed by atoms with E-state index in [2.05, 4.69) is 16.1 Å². The summed E-state index contributed by atoms with van der Waals surface area (Å²) in [5.74, 6) is 2.41. The van der Waals surface area contributed by atoms with Crippen LogP contribution < -0.4 is 5.32 Å². The third-order valence-corrected chi connectivity index (χ3v) is 4.09. The first-order chi connectivity index (χ1) is 9.60. The molecule has 3 heterocycles. The molecule has 0 aromatic rings. The van der Waals surface area contributed by atoms with Crippen molar-refractivity contribution >= 4 is 11.9 Å². The summed E-state index contributed by atoms with van der Waals surface area (Å²) in [6, 6.07) is 0.335. The number of piperidine rings is 3. The summed E-state index contributed by atoms with van der Waals surface area (Å²) >= 11 is 0. The highest BCUT2D eigenvalue weighted by Gasteiger charge is 2.39. The van der Waals surface area contributed by atoms with Crippen molar-refractivity contribution in [1.82, 2.24) is 10.2 Å². The Balaban J connectivity index is 1.69. The van der Waals surface area contributed by atoms with Gasteiger partial charge in [-0.25, -0.2) is 4.79 Å². The summed E-state index contributed by atoms with van der Waals surface area (Å²) in [7, 11) is 0. The second kappa shape index (κ2) is 6.73. The summed E-state index contributed by atoms with van der Waals surface area (Å²) in [5.41, 5.74) is 0. The molecular formula is C14H20N2O4. The van der Waals surface area contributed by atoms with Crippen LogP contribution in [0.25, 0.3) is 0 Å². The molecule has 3 rings (SSSR count). The number of hydrogen-bond donors (Lipinski definition) is 2. The van der Waals surface area contributed by atoms with Crippen LogP contribution in [0.3, 0.4) is 0 Å². The molecule has 1 amide bonds. The van der Waals surface area contributed by atoms with E-state index in [0.717, 1.165) is 25.9 Å². The molecule has 3 aliphatic rings. The first-order valence-corrected chi connectivity index (χ1v) is 6.86. The smallest absolute Gasteiger partial charge is 0.329 e. The van der Waals surface area contributed by atoms with Crippen LogP contribution in [0, 0.1) is 24.2 Å². The van der Waals surface area contributed by atoms with Crippen molar-refractivity contribution in [3.8, 4) is 12.3 Å². The van der Waals surface area contributed by atoms with Crippen molar-refractivity contribution < 1.29 is 19.4 Å². The number of ether oxygens (including phenoxy) is 1. The third kappa shape index (κ3) is 3.71. The van der Waals surface area contributed by atoms with Gasteiger partial charge < -0.3 is 15.2 Å². The number of nitrogens with one attached hydrogen (secondary N) is 1. The number of carboxylic acids is 1. The number of carbonyl (C=O) groups is 2. The Morgan fingerprint density at radius 2 is 2.25 bits per heavy atom. The van der Waals surface area contributed by atoms with E-state index < -0.39 is 12.6 Å². The van der Waals surface area contributed by atoms with Crippen LogP contribution in [-0.2, 0) is 14.3 Å². The number of aliphatic carboxylic acids is 1. The fourth-order valence-electron chi connectivity index (χ4n) is 3.05. The molecule has 0 radical (unpaired) electrons. The number of carboxylic acid groups (broad SMARTS) is 1. The molecule has 6 heteroatoms. The zero-order chi connectivity index (χ0) is 14.5. The summed E-state index contributed by atoms with van der Waals surface area (Å²) < 4.78 is 4.74. The largest absolute Gasteiger partial charge is 0.480 e. The maximum atomic E-state index is 11.5. The Labute approximate surface area is 118 Å². The molecule has 0 spiro atoms. The maximum Gasteiger partial charge on any atom is 0.329 e. The van der Waals surface area contributed by atoms with E-state index in [1.165, 1.54) is 0 Å². The molecule has 3 aliphatic heterocycles. The molecule has 20 heavy (non-hydrogen) atoms. The van der Waals surface area contributed by atoms with Crippen LogP contribution in [0.4, 0.5) is 0 Å². The molecule has 0 saturated carbocycles. The van der Waals surface area contributed by atoms with E-state index in [-0.39, 0.29) is 12.5 Å². The lowest BCUT2D eigenvalue weighted by Crippen LogP contribution is -2.56. The number of terminal acetylenes is 1. The van der Waals surface area contributed by atoms with E-state index in [9.17, 15) is 9.59 Å². The predicted molar refractivity (Wildman–Crippen MR) is 71.9 cm³/mol. The van der Waals surface area contributed by atoms with Gasteiger partial charge in [-0.1, -0.05) is 0 Å². The van der Waals surface area contributed by atoms with E-state index >= 15 is 0 Å². The lowest BCUT2D eigenvalue weighted by atomic mass is 9.76. The zero-order valence-corrected chi connectivity index (χ0v) is 11.4. The average Bonchev–Trinajstić information content (AvgIpc) is 2.45. The minimum absolute atomic E-state index is 0.213. The highest BCUT2D eigenvalue weighted by Crippen LogP contribution is 2.35. The highest BCUT2D eigenvalue weighted by atomic mass is 16.5. The topological polar surface area (TPSA) is 78.9 Å². The lowest BCUT2D eigenvalue weighted by molar-refractivity contribution is -0.143. The molecule has 3 fully saturated rings. The molecule has 0 aromatic heterocycles. The van der Waals surface area contributed by atoms with Crippen LogP contribution in [0.2, 0.25) is 0 Å². The van der Waals surface area contributed by atoms with Crippen molar-refractivity contribution in [1.29, 1.82) is 0 Å². The number of amides is 1. The molecule has 2 N–H and O–H groups in total. The van der Waals surface area contributed by atoms with Gasteiger partial charge in [0.15, 0.2) is 0 Å². The number of carbonyl (C=O) groups excluding carboxylic acids is 1. The zero-order valence-electron chi connectivity index (χ0n) is 11.4. The third-order valence-electron chi connectivity index (χ3n) is 4.09. The van der Waals surface area contributed by atoms with Crippen molar-refractivity contribution in [3.63, 3.8) is 0 Å². The fraction of sp³-hybridized carbons (Fsp3) is 0.714. The minimum atomic E-state index is -1.08. The van der Waals surface area contributed by atoms with Gasteiger partial charge in [-0.15, -0.1) is 12.3 Å². The quantitative estimate of drug-likeness (QED) is 0.644. The lowest BCUT2D eigenvalue weighted by Gasteiger charge is -2.48. The van der Waals surface area contributed by atoms with Crippen molar-refractivity contribution in [2.45, 2.75) is 18.9 Å². The Bertz CT molecular complexity index is 418. The molecular weight excluding hydrogens is 260 g/mol. The van der Waals surface area contributed by atoms with Crippen LogP contribution >= 0.6 is 0 Å². The van der Waals surface area contributed by atoms with Gasteiger partial charge in [0.1, 0.15) is 13.2 Å². The Kier molecular flexibility index (Phi) is 4.99. The van der Waals surface area contributed by atoms with Gasteiger partial charge in [0.2, 0.25) is 5.91 Å². The second-order valence-corrected chi connectivity index (χ2v) is 5.40. The highest BCUT2D eigenvalue weighted by molar-refractivity contribution is 5.77. The number of fused-ring (bicyclic) bond motifs is 3. The van der Waals surface area contributed by atoms with Gasteiger partial charge >= 0.3 is 5.97 Å². The molecule has 4 atom stereocenters. The molecule has 2 bridgehead atoms. The van der Waals surface area contributed by atoms with Crippen molar-refractivity contribution in [3.05, 3.63) is 0 Å². The number of rotatable bonds is 6. The summed E-state index contributed by atoms with van der Waals surface area (Å²) in [5, 5.41) is 11.2. The second-order valence-electron chi connectivity index (χ2n) is 5.40. The normalized spacial score (nSPS) is 31.6. The predicted octanol–water partition coefficient (Wildman–Crippen LogP) is -0.453. The number of hydrogen-bond acceptors (Lipinski definition) is 4. The summed E-state index contributed by atoms with van der Waals surface area (Å²) in [6.07, 6.45) is 7.68. The Hall–Kier alpha value is -1.58. The van der Waals surface area contributed by atoms with Gasteiger partial charge in [0, 0.05) is 25.0 Å². The summed E-state index contributed by atoms with van der Waals surface area (Å²) in [4.78, 5) is 24.1. The SMILES string of the molecule is C#CC1CN2CCC1CC2CNC(=O)COCC(=O)O. The van der Waals surface area contributed by atoms with E-state index in [1.807, 2.05) is 0 Å². The average molecular weight is 280 g/mol. The van der Waals surface area contributed by atoms with E-state index in [4.69, 9.17) is 16.3 Å². The Morgan fingerprint density at radius 3 is 2.85 bits per heavy atom. The van der Waals surface area contributed by atoms with Crippen molar-refractivity contribution in [2.75, 3.05) is 32.8 Å². The van der Waals surface area contributed by atoms with Gasteiger partial charge in [0.25, 0.3) is 0 Å². The minimum Gasteiger partial charge on any atom is -0.480 e. The van der Waals surface area contributed by atoms with Gasteiger partial charge in [-0.2, -0.15) is 0 Å². The van der Waals surface area contributed by atoms with Crippen LogP contribution in [0.1, 0.15) is 12.8 Å². The molecule has 3 saturated heterocycles. The van der Waals surface area contributed by atoms with Gasteiger partial charge in [0.05, 0.1) is 0 Å². The van der Waals surface area contributed by atoms with Crippen LogP contribution in [-0.4, -0.2) is 60.8 Å². The van der Waals surface area contributed by atoms with Gasteiger partial charge in [-0.3, -0.25) is 9.69 Å². The van der Waals surface area contributed by atoms with Crippen molar-refractivity contribution in [2.24, 2.45) is 11.8 Å². The fourth-order valence-corrected chi connectivity index (χ4v) is 3.05. The number of nitrogens with zero attached hydrogens (tertiary/aromatic N) is 1. The molecule has 6 nitrogen and oxygen atoms in total.